The van der Waals surface area contributed by atoms with Crippen molar-refractivity contribution >= 4 is 28.3 Å². The zero-order valence-electron chi connectivity index (χ0n) is 12.6. The number of nitrogens with zero attached hydrogens (tertiary/aromatic N) is 4. The number of carbonyl (C=O) groups excluding carboxylic acids is 1. The molecule has 0 spiro atoms. The van der Waals surface area contributed by atoms with Crippen molar-refractivity contribution in [1.29, 1.82) is 0 Å². The van der Waals surface area contributed by atoms with Crippen LogP contribution in [0.25, 0.3) is 0 Å². The molecular weight excluding hydrogens is 318 g/mol. The third-order valence-electron chi connectivity index (χ3n) is 4.15. The first-order valence-electron chi connectivity index (χ1n) is 7.18. The van der Waals surface area contributed by atoms with Gasteiger partial charge >= 0.3 is 5.97 Å². The fraction of sp³-hybridized carbons (Fsp3) is 0.429. The largest absolute Gasteiger partial charge is 0.479 e. The van der Waals surface area contributed by atoms with Crippen LogP contribution in [-0.2, 0) is 10.3 Å². The predicted molar refractivity (Wildman–Crippen MR) is 84.7 cm³/mol. The minimum Gasteiger partial charge on any atom is -0.479 e. The number of thiazole rings is 1. The summed E-state index contributed by atoms with van der Waals surface area (Å²) in [4.78, 5) is 29.2. The summed E-state index contributed by atoms with van der Waals surface area (Å²) in [5.74, 6) is -1.44. The van der Waals surface area contributed by atoms with Gasteiger partial charge in [-0.25, -0.2) is 9.78 Å². The molecule has 2 aromatic heterocycles. The van der Waals surface area contributed by atoms with E-state index in [1.165, 1.54) is 11.3 Å². The number of aliphatic carboxylic acids is 1. The number of rotatable bonds is 4. The number of carboxylic acids is 1. The second-order valence-corrected chi connectivity index (χ2v) is 6.50. The molecule has 0 unspecified atom stereocenters. The minimum atomic E-state index is -1.03. The van der Waals surface area contributed by atoms with E-state index in [4.69, 9.17) is 5.73 Å². The SMILES string of the molecule is Cc1cnn(C2(C(=O)O)CCN(c3nc(C(N)=O)cs3)CC2)c1. The maximum Gasteiger partial charge on any atom is 0.331 e. The summed E-state index contributed by atoms with van der Waals surface area (Å²) < 4.78 is 1.55. The number of amides is 1. The number of aromatic nitrogens is 3. The van der Waals surface area contributed by atoms with E-state index >= 15 is 0 Å². The molecule has 122 valence electrons. The zero-order valence-corrected chi connectivity index (χ0v) is 13.4. The first-order chi connectivity index (χ1) is 10.9. The zero-order chi connectivity index (χ0) is 16.6. The summed E-state index contributed by atoms with van der Waals surface area (Å²) in [6.45, 7) is 2.93. The van der Waals surface area contributed by atoms with Crippen LogP contribution in [0.5, 0.6) is 0 Å². The van der Waals surface area contributed by atoms with Crippen molar-refractivity contribution in [2.45, 2.75) is 25.3 Å². The fourth-order valence-corrected chi connectivity index (χ4v) is 3.65. The molecule has 0 saturated carbocycles. The molecule has 0 bridgehead atoms. The van der Waals surface area contributed by atoms with Crippen LogP contribution in [0.3, 0.4) is 0 Å². The van der Waals surface area contributed by atoms with Crippen LogP contribution in [0, 0.1) is 6.92 Å². The second-order valence-electron chi connectivity index (χ2n) is 5.67. The van der Waals surface area contributed by atoms with Gasteiger partial charge in [0.2, 0.25) is 0 Å². The van der Waals surface area contributed by atoms with E-state index in [0.29, 0.717) is 31.1 Å². The monoisotopic (exact) mass is 335 g/mol. The quantitative estimate of drug-likeness (QED) is 0.855. The third kappa shape index (κ3) is 2.67. The molecule has 3 rings (SSSR count). The number of aryl methyl sites for hydroxylation is 1. The molecule has 0 aromatic carbocycles. The Hall–Kier alpha value is -2.42. The van der Waals surface area contributed by atoms with Gasteiger partial charge in [-0.3, -0.25) is 9.48 Å². The predicted octanol–water partition coefficient (Wildman–Crippen LogP) is 0.827. The Balaban J connectivity index is 1.80. The number of carboxylic acid groups (broad SMARTS) is 1. The molecule has 23 heavy (non-hydrogen) atoms. The average Bonchev–Trinajstić information content (AvgIpc) is 3.16. The molecule has 1 amide bonds. The molecule has 2 aromatic rings. The first-order valence-corrected chi connectivity index (χ1v) is 8.06. The summed E-state index contributed by atoms with van der Waals surface area (Å²) in [6, 6.07) is 0. The van der Waals surface area contributed by atoms with Crippen LogP contribution in [0.15, 0.2) is 17.8 Å². The molecule has 1 aliphatic heterocycles. The third-order valence-corrected chi connectivity index (χ3v) is 5.06. The lowest BCUT2D eigenvalue weighted by atomic mass is 9.88. The van der Waals surface area contributed by atoms with E-state index in [0.717, 1.165) is 5.56 Å². The van der Waals surface area contributed by atoms with Gasteiger partial charge < -0.3 is 15.7 Å². The molecule has 9 heteroatoms. The normalized spacial score (nSPS) is 17.2. The Morgan fingerprint density at radius 2 is 2.09 bits per heavy atom. The van der Waals surface area contributed by atoms with Crippen molar-refractivity contribution in [2.75, 3.05) is 18.0 Å². The average molecular weight is 335 g/mol. The summed E-state index contributed by atoms with van der Waals surface area (Å²) in [5.41, 5.74) is 5.35. The Morgan fingerprint density at radius 1 is 1.39 bits per heavy atom. The molecule has 0 aliphatic carbocycles. The highest BCUT2D eigenvalue weighted by molar-refractivity contribution is 7.13. The standard InChI is InChI=1S/C14H17N5O3S/c1-9-6-16-19(7-9)14(12(21)22)2-4-18(5-3-14)13-17-10(8-23-13)11(15)20/h6-8H,2-5H2,1H3,(H2,15,20)(H,21,22). The minimum absolute atomic E-state index is 0.239. The summed E-state index contributed by atoms with van der Waals surface area (Å²) in [6.07, 6.45) is 4.25. The van der Waals surface area contributed by atoms with Crippen molar-refractivity contribution in [3.05, 3.63) is 29.0 Å². The molecule has 1 fully saturated rings. The highest BCUT2D eigenvalue weighted by Gasteiger charge is 2.44. The summed E-state index contributed by atoms with van der Waals surface area (Å²) >= 11 is 1.34. The van der Waals surface area contributed by atoms with Gasteiger partial charge in [0, 0.05) is 37.5 Å². The van der Waals surface area contributed by atoms with E-state index in [1.807, 2.05) is 11.8 Å². The lowest BCUT2D eigenvalue weighted by Crippen LogP contribution is -2.51. The van der Waals surface area contributed by atoms with Crippen molar-refractivity contribution in [2.24, 2.45) is 5.73 Å². The number of anilines is 1. The van der Waals surface area contributed by atoms with Gasteiger partial charge in [-0.2, -0.15) is 5.10 Å². The van der Waals surface area contributed by atoms with E-state index in [9.17, 15) is 14.7 Å². The van der Waals surface area contributed by atoms with Gasteiger partial charge in [0.15, 0.2) is 10.7 Å². The van der Waals surface area contributed by atoms with Gasteiger partial charge in [0.1, 0.15) is 5.69 Å². The number of nitrogens with two attached hydrogens (primary N) is 1. The first kappa shape index (κ1) is 15.5. The van der Waals surface area contributed by atoms with Gasteiger partial charge in [-0.15, -0.1) is 11.3 Å². The maximum absolute atomic E-state index is 11.9. The lowest BCUT2D eigenvalue weighted by Gasteiger charge is -2.38. The van der Waals surface area contributed by atoms with Crippen molar-refractivity contribution in [3.8, 4) is 0 Å². The van der Waals surface area contributed by atoms with Crippen LogP contribution in [0.1, 0.15) is 28.9 Å². The van der Waals surface area contributed by atoms with E-state index in [2.05, 4.69) is 10.1 Å². The fourth-order valence-electron chi connectivity index (χ4n) is 2.78. The van der Waals surface area contributed by atoms with Crippen LogP contribution >= 0.6 is 11.3 Å². The van der Waals surface area contributed by atoms with E-state index in [1.54, 1.807) is 22.5 Å². The Kier molecular flexibility index (Phi) is 3.80. The van der Waals surface area contributed by atoms with Crippen LogP contribution in [0.4, 0.5) is 5.13 Å². The molecule has 1 aliphatic rings. The smallest absolute Gasteiger partial charge is 0.331 e. The van der Waals surface area contributed by atoms with Gasteiger partial charge in [0.25, 0.3) is 5.91 Å². The molecule has 1 saturated heterocycles. The van der Waals surface area contributed by atoms with Crippen molar-refractivity contribution in [3.63, 3.8) is 0 Å². The van der Waals surface area contributed by atoms with Gasteiger partial charge in [-0.1, -0.05) is 0 Å². The summed E-state index contributed by atoms with van der Waals surface area (Å²) in [5, 5.41) is 16.2. The van der Waals surface area contributed by atoms with E-state index < -0.39 is 17.4 Å². The number of primary amides is 1. The molecule has 3 N–H and O–H groups in total. The lowest BCUT2D eigenvalue weighted by molar-refractivity contribution is -0.149. The summed E-state index contributed by atoms with van der Waals surface area (Å²) in [7, 11) is 0. The highest BCUT2D eigenvalue weighted by Crippen LogP contribution is 2.33. The molecular formula is C14H17N5O3S. The topological polar surface area (TPSA) is 114 Å². The molecule has 8 nitrogen and oxygen atoms in total. The van der Waals surface area contributed by atoms with Gasteiger partial charge in [0.05, 0.1) is 6.20 Å². The number of piperidine rings is 1. The van der Waals surface area contributed by atoms with Crippen LogP contribution in [-0.4, -0.2) is 44.8 Å². The highest BCUT2D eigenvalue weighted by atomic mass is 32.1. The molecule has 3 heterocycles. The number of carbonyl (C=O) groups is 2. The number of hydrogen-bond acceptors (Lipinski definition) is 6. The number of hydrogen-bond donors (Lipinski definition) is 2. The van der Waals surface area contributed by atoms with Crippen LogP contribution < -0.4 is 10.6 Å². The Bertz CT molecular complexity index is 745. The Morgan fingerprint density at radius 3 is 2.57 bits per heavy atom. The van der Waals surface area contributed by atoms with Crippen LogP contribution in [0.2, 0.25) is 0 Å². The molecule has 0 atom stereocenters. The van der Waals surface area contributed by atoms with Crippen molar-refractivity contribution < 1.29 is 14.7 Å². The van der Waals surface area contributed by atoms with E-state index in [-0.39, 0.29) is 5.69 Å². The van der Waals surface area contributed by atoms with Gasteiger partial charge in [-0.05, 0) is 12.5 Å². The Labute approximate surface area is 136 Å². The second kappa shape index (κ2) is 5.65. The van der Waals surface area contributed by atoms with Crippen molar-refractivity contribution in [1.82, 2.24) is 14.8 Å². The maximum atomic E-state index is 11.9. The molecule has 0 radical (unpaired) electrons.